The second kappa shape index (κ2) is 6.59. The van der Waals surface area contributed by atoms with Crippen LogP contribution < -0.4 is 5.56 Å². The molecule has 0 bridgehead atoms. The number of alkyl halides is 3. The van der Waals surface area contributed by atoms with Gasteiger partial charge < -0.3 is 4.57 Å². The predicted octanol–water partition coefficient (Wildman–Crippen LogP) is 3.71. The van der Waals surface area contributed by atoms with E-state index in [1.54, 1.807) is 22.5 Å². The highest BCUT2D eigenvalue weighted by atomic mass is 19.4. The minimum Gasteiger partial charge on any atom is -0.314 e. The third-order valence-electron chi connectivity index (χ3n) is 4.57. The fourth-order valence-corrected chi connectivity index (χ4v) is 3.27. The zero-order valence-electron chi connectivity index (χ0n) is 14.7. The lowest BCUT2D eigenvalue weighted by Gasteiger charge is -2.17. The zero-order chi connectivity index (χ0) is 19.1. The van der Waals surface area contributed by atoms with E-state index in [9.17, 15) is 18.0 Å². The summed E-state index contributed by atoms with van der Waals surface area (Å²) in [5.41, 5.74) is 0.726. The molecule has 3 rings (SSSR count). The van der Waals surface area contributed by atoms with Crippen molar-refractivity contribution in [3.05, 3.63) is 57.9 Å². The first kappa shape index (κ1) is 18.2. The first-order chi connectivity index (χ1) is 12.3. The maximum atomic E-state index is 12.8. The summed E-state index contributed by atoms with van der Waals surface area (Å²) < 4.78 is 41.5. The molecule has 0 saturated carbocycles. The zero-order valence-corrected chi connectivity index (χ0v) is 14.7. The highest BCUT2D eigenvalue weighted by molar-refractivity contribution is 5.81. The van der Waals surface area contributed by atoms with Gasteiger partial charge in [-0.2, -0.15) is 18.3 Å². The summed E-state index contributed by atoms with van der Waals surface area (Å²) in [5, 5.41) is 5.07. The van der Waals surface area contributed by atoms with Crippen LogP contribution in [0.3, 0.4) is 0 Å². The predicted molar refractivity (Wildman–Crippen MR) is 92.0 cm³/mol. The standard InChI is InChI=1S/C18H19F3N4O/c1-4-12(11-6-7-14(22-10-11)18(19,20)21)16-13-8-9-25(5-2)17(26)15(13)23-24(16)3/h6-10,12H,4-5H2,1-3H3. The number of hydrogen-bond acceptors (Lipinski definition) is 3. The number of hydrogen-bond donors (Lipinski definition) is 0. The summed E-state index contributed by atoms with van der Waals surface area (Å²) in [6, 6.07) is 4.26. The topological polar surface area (TPSA) is 52.7 Å². The van der Waals surface area contributed by atoms with Crippen LogP contribution in [0.5, 0.6) is 0 Å². The van der Waals surface area contributed by atoms with Gasteiger partial charge in [0.1, 0.15) is 5.69 Å². The average molecular weight is 364 g/mol. The Morgan fingerprint density at radius 2 is 1.92 bits per heavy atom. The lowest BCUT2D eigenvalue weighted by molar-refractivity contribution is -0.141. The SMILES string of the molecule is CCC(c1ccc(C(F)(F)F)nc1)c1c2ccn(CC)c(=O)c2nn1C. The molecule has 0 aliphatic heterocycles. The van der Waals surface area contributed by atoms with Gasteiger partial charge in [-0.1, -0.05) is 13.0 Å². The number of aromatic nitrogens is 4. The van der Waals surface area contributed by atoms with E-state index in [1.807, 2.05) is 19.9 Å². The van der Waals surface area contributed by atoms with Crippen molar-refractivity contribution in [3.63, 3.8) is 0 Å². The Kier molecular flexibility index (Phi) is 4.60. The smallest absolute Gasteiger partial charge is 0.314 e. The summed E-state index contributed by atoms with van der Waals surface area (Å²) in [4.78, 5) is 16.0. The second-order valence-electron chi connectivity index (χ2n) is 6.11. The minimum atomic E-state index is -4.47. The van der Waals surface area contributed by atoms with Crippen molar-refractivity contribution in [1.82, 2.24) is 19.3 Å². The molecule has 1 unspecified atom stereocenters. The van der Waals surface area contributed by atoms with Crippen molar-refractivity contribution in [3.8, 4) is 0 Å². The molecule has 3 aromatic rings. The molecular formula is C18H19F3N4O. The van der Waals surface area contributed by atoms with Crippen LogP contribution in [0, 0.1) is 0 Å². The third-order valence-corrected chi connectivity index (χ3v) is 4.57. The molecule has 138 valence electrons. The molecule has 0 aromatic carbocycles. The Morgan fingerprint density at radius 3 is 2.46 bits per heavy atom. The van der Waals surface area contributed by atoms with Crippen molar-refractivity contribution < 1.29 is 13.2 Å². The van der Waals surface area contributed by atoms with E-state index in [0.29, 0.717) is 29.4 Å². The maximum Gasteiger partial charge on any atom is 0.433 e. The van der Waals surface area contributed by atoms with E-state index in [-0.39, 0.29) is 11.5 Å². The molecule has 1 atom stereocenters. The van der Waals surface area contributed by atoms with Gasteiger partial charge in [-0.05, 0) is 31.0 Å². The molecule has 5 nitrogen and oxygen atoms in total. The second-order valence-corrected chi connectivity index (χ2v) is 6.11. The van der Waals surface area contributed by atoms with Crippen molar-refractivity contribution in [1.29, 1.82) is 0 Å². The Balaban J connectivity index is 2.13. The van der Waals surface area contributed by atoms with Gasteiger partial charge in [-0.15, -0.1) is 0 Å². The van der Waals surface area contributed by atoms with Gasteiger partial charge in [0.05, 0.1) is 5.69 Å². The molecule has 3 aromatic heterocycles. The highest BCUT2D eigenvalue weighted by Crippen LogP contribution is 2.33. The molecule has 0 aliphatic carbocycles. The monoisotopic (exact) mass is 364 g/mol. The van der Waals surface area contributed by atoms with Crippen LogP contribution in [-0.2, 0) is 19.8 Å². The van der Waals surface area contributed by atoms with Gasteiger partial charge in [-0.25, -0.2) is 0 Å². The van der Waals surface area contributed by atoms with Crippen LogP contribution in [0.4, 0.5) is 13.2 Å². The average Bonchev–Trinajstić information content (AvgIpc) is 2.93. The molecule has 0 N–H and O–H groups in total. The summed E-state index contributed by atoms with van der Waals surface area (Å²) in [5.74, 6) is -0.211. The largest absolute Gasteiger partial charge is 0.433 e. The Hall–Kier alpha value is -2.64. The van der Waals surface area contributed by atoms with Gasteiger partial charge in [-0.3, -0.25) is 14.5 Å². The van der Waals surface area contributed by atoms with Gasteiger partial charge in [0.2, 0.25) is 0 Å². The minimum absolute atomic E-state index is 0.174. The van der Waals surface area contributed by atoms with Crippen molar-refractivity contribution in [2.75, 3.05) is 0 Å². The van der Waals surface area contributed by atoms with Crippen LogP contribution in [0.2, 0.25) is 0 Å². The van der Waals surface area contributed by atoms with Crippen molar-refractivity contribution >= 4 is 10.9 Å². The molecule has 0 fully saturated rings. The quantitative estimate of drug-likeness (QED) is 0.709. The van der Waals surface area contributed by atoms with Crippen molar-refractivity contribution in [2.45, 2.75) is 38.9 Å². The van der Waals surface area contributed by atoms with E-state index in [1.165, 1.54) is 12.3 Å². The lowest BCUT2D eigenvalue weighted by Crippen LogP contribution is -2.18. The summed E-state index contributed by atoms with van der Waals surface area (Å²) in [7, 11) is 1.74. The lowest BCUT2D eigenvalue weighted by atomic mass is 9.92. The molecule has 0 aliphatic rings. The van der Waals surface area contributed by atoms with Crippen LogP contribution >= 0.6 is 0 Å². The van der Waals surface area contributed by atoms with Crippen LogP contribution in [0.15, 0.2) is 35.4 Å². The first-order valence-electron chi connectivity index (χ1n) is 8.37. The van der Waals surface area contributed by atoms with E-state index in [2.05, 4.69) is 10.1 Å². The normalized spacial score (nSPS) is 13.3. The number of pyridine rings is 2. The summed E-state index contributed by atoms with van der Waals surface area (Å²) >= 11 is 0. The van der Waals surface area contributed by atoms with Crippen LogP contribution in [-0.4, -0.2) is 19.3 Å². The van der Waals surface area contributed by atoms with Gasteiger partial charge in [0.15, 0.2) is 5.52 Å². The molecule has 8 heteroatoms. The molecule has 0 amide bonds. The van der Waals surface area contributed by atoms with Gasteiger partial charge in [0, 0.05) is 37.3 Å². The van der Waals surface area contributed by atoms with Crippen molar-refractivity contribution in [2.24, 2.45) is 7.05 Å². The van der Waals surface area contributed by atoms with E-state index < -0.39 is 11.9 Å². The van der Waals surface area contributed by atoms with E-state index in [0.717, 1.165) is 11.8 Å². The molecule has 0 radical (unpaired) electrons. The fourth-order valence-electron chi connectivity index (χ4n) is 3.27. The molecule has 26 heavy (non-hydrogen) atoms. The summed E-state index contributed by atoms with van der Waals surface area (Å²) in [6.45, 7) is 4.36. The van der Waals surface area contributed by atoms with E-state index in [4.69, 9.17) is 0 Å². The Labute approximate surface area is 148 Å². The number of nitrogens with zero attached hydrogens (tertiary/aromatic N) is 4. The molecular weight excluding hydrogens is 345 g/mol. The molecule has 0 saturated heterocycles. The fraction of sp³-hybridized carbons (Fsp3) is 0.389. The number of aryl methyl sites for hydroxylation is 2. The highest BCUT2D eigenvalue weighted by Gasteiger charge is 2.32. The third kappa shape index (κ3) is 3.00. The number of fused-ring (bicyclic) bond motifs is 1. The number of rotatable bonds is 4. The van der Waals surface area contributed by atoms with E-state index >= 15 is 0 Å². The summed E-state index contributed by atoms with van der Waals surface area (Å²) in [6.07, 6.45) is -0.861. The Bertz CT molecular complexity index is 987. The number of halogens is 3. The Morgan fingerprint density at radius 1 is 1.19 bits per heavy atom. The van der Waals surface area contributed by atoms with Crippen LogP contribution in [0.1, 0.15) is 43.1 Å². The molecule has 3 heterocycles. The molecule has 0 spiro atoms. The van der Waals surface area contributed by atoms with Crippen LogP contribution in [0.25, 0.3) is 10.9 Å². The maximum absolute atomic E-state index is 12.8. The first-order valence-corrected chi connectivity index (χ1v) is 8.37. The van der Waals surface area contributed by atoms with Gasteiger partial charge in [0.25, 0.3) is 5.56 Å². The van der Waals surface area contributed by atoms with Gasteiger partial charge >= 0.3 is 6.18 Å².